The zero-order valence-electron chi connectivity index (χ0n) is 18.9. The number of aromatic nitrogens is 4. The molecule has 8 nitrogen and oxygen atoms in total. The van der Waals surface area contributed by atoms with Gasteiger partial charge in [-0.15, -0.1) is 0 Å². The Balaban J connectivity index is 1.27. The Morgan fingerprint density at radius 1 is 1.00 bits per heavy atom. The molecule has 9 heteroatoms. The van der Waals surface area contributed by atoms with E-state index in [9.17, 15) is 9.59 Å². The summed E-state index contributed by atoms with van der Waals surface area (Å²) in [5, 5.41) is 5.53. The Kier molecular flexibility index (Phi) is 6.06. The summed E-state index contributed by atoms with van der Waals surface area (Å²) in [5.74, 6) is 0.594. The number of carbonyl (C=O) groups is 1. The maximum absolute atomic E-state index is 13.1. The molecule has 174 valence electrons. The second kappa shape index (κ2) is 9.30. The van der Waals surface area contributed by atoms with E-state index in [-0.39, 0.29) is 24.4 Å². The monoisotopic (exact) mass is 476 g/mol. The summed E-state index contributed by atoms with van der Waals surface area (Å²) in [6.07, 6.45) is 1.79. The standard InChI is InChI=1S/C25H25ClN6O2/c1-18-28-24-20(17-27-32(24)19-7-3-2-4-8-19)25(34)31(18)12-11-23(33)30-15-13-29(14-16-30)22-10-6-5-9-21(22)26/h2-10,17H,11-16H2,1H3. The van der Waals surface area contributed by atoms with Crippen LogP contribution in [-0.4, -0.2) is 56.3 Å². The quantitative estimate of drug-likeness (QED) is 0.442. The summed E-state index contributed by atoms with van der Waals surface area (Å²) in [6, 6.07) is 17.3. The van der Waals surface area contributed by atoms with Gasteiger partial charge in [0.15, 0.2) is 5.65 Å². The van der Waals surface area contributed by atoms with E-state index < -0.39 is 0 Å². The number of hydrogen-bond acceptors (Lipinski definition) is 5. The highest BCUT2D eigenvalue weighted by Crippen LogP contribution is 2.26. The van der Waals surface area contributed by atoms with E-state index in [2.05, 4.69) is 15.0 Å². The molecule has 0 N–H and O–H groups in total. The maximum atomic E-state index is 13.1. The summed E-state index contributed by atoms with van der Waals surface area (Å²) in [4.78, 5) is 34.7. The Labute approximate surface area is 202 Å². The number of rotatable bonds is 5. The molecule has 2 aromatic carbocycles. The van der Waals surface area contributed by atoms with Crippen molar-refractivity contribution in [3.05, 3.63) is 82.0 Å². The largest absolute Gasteiger partial charge is 0.367 e. The van der Waals surface area contributed by atoms with E-state index in [4.69, 9.17) is 11.6 Å². The summed E-state index contributed by atoms with van der Waals surface area (Å²) < 4.78 is 3.23. The molecule has 1 saturated heterocycles. The van der Waals surface area contributed by atoms with Gasteiger partial charge >= 0.3 is 0 Å². The van der Waals surface area contributed by atoms with Gasteiger partial charge in [-0.2, -0.15) is 5.10 Å². The van der Waals surface area contributed by atoms with E-state index in [0.29, 0.717) is 29.9 Å². The van der Waals surface area contributed by atoms with Crippen LogP contribution >= 0.6 is 11.6 Å². The molecule has 0 saturated carbocycles. The van der Waals surface area contributed by atoms with Crippen molar-refractivity contribution >= 4 is 34.2 Å². The van der Waals surface area contributed by atoms with Crippen molar-refractivity contribution in [2.45, 2.75) is 19.9 Å². The summed E-state index contributed by atoms with van der Waals surface area (Å²) >= 11 is 6.32. The Hall–Kier alpha value is -3.65. The lowest BCUT2D eigenvalue weighted by Gasteiger charge is -2.36. The number of benzene rings is 2. The highest BCUT2D eigenvalue weighted by molar-refractivity contribution is 6.33. The molecule has 0 atom stereocenters. The molecule has 0 unspecified atom stereocenters. The third-order valence-corrected chi connectivity index (χ3v) is 6.57. The van der Waals surface area contributed by atoms with Gasteiger partial charge in [0, 0.05) is 39.1 Å². The molecule has 1 aliphatic heterocycles. The lowest BCUT2D eigenvalue weighted by Crippen LogP contribution is -2.49. The van der Waals surface area contributed by atoms with Gasteiger partial charge in [0.05, 0.1) is 22.6 Å². The summed E-state index contributed by atoms with van der Waals surface area (Å²) in [6.45, 7) is 4.77. The van der Waals surface area contributed by atoms with Crippen LogP contribution in [0.1, 0.15) is 12.2 Å². The van der Waals surface area contributed by atoms with Gasteiger partial charge in [0.2, 0.25) is 5.91 Å². The fourth-order valence-electron chi connectivity index (χ4n) is 4.40. The first-order valence-corrected chi connectivity index (χ1v) is 11.7. The molecule has 4 aromatic rings. The Bertz CT molecular complexity index is 1390. The SMILES string of the molecule is Cc1nc2c(cnn2-c2ccccc2)c(=O)n1CCC(=O)N1CCN(c2ccccc2Cl)CC1. The predicted octanol–water partition coefficient (Wildman–Crippen LogP) is 3.28. The molecule has 0 spiro atoms. The van der Waals surface area contributed by atoms with E-state index in [1.54, 1.807) is 22.4 Å². The minimum atomic E-state index is -0.180. The highest BCUT2D eigenvalue weighted by atomic mass is 35.5. The predicted molar refractivity (Wildman–Crippen MR) is 133 cm³/mol. The van der Waals surface area contributed by atoms with Gasteiger partial charge < -0.3 is 9.80 Å². The molecule has 34 heavy (non-hydrogen) atoms. The molecule has 1 fully saturated rings. The lowest BCUT2D eigenvalue weighted by atomic mass is 10.2. The second-order valence-corrected chi connectivity index (χ2v) is 8.72. The molecule has 1 amide bonds. The van der Waals surface area contributed by atoms with Crippen LogP contribution in [0.25, 0.3) is 16.7 Å². The summed E-state index contributed by atoms with van der Waals surface area (Å²) in [5.41, 5.74) is 2.18. The zero-order chi connectivity index (χ0) is 23.7. The number of carbonyl (C=O) groups excluding carboxylic acids is 1. The third kappa shape index (κ3) is 4.17. The molecule has 0 bridgehead atoms. The van der Waals surface area contributed by atoms with Crippen molar-refractivity contribution in [3.8, 4) is 5.69 Å². The second-order valence-electron chi connectivity index (χ2n) is 8.31. The molecule has 0 radical (unpaired) electrons. The molecule has 5 rings (SSSR count). The third-order valence-electron chi connectivity index (χ3n) is 6.25. The van der Waals surface area contributed by atoms with Gasteiger partial charge in [-0.3, -0.25) is 14.2 Å². The Morgan fingerprint density at radius 3 is 2.44 bits per heavy atom. The van der Waals surface area contributed by atoms with Gasteiger partial charge in [-0.25, -0.2) is 9.67 Å². The van der Waals surface area contributed by atoms with E-state index >= 15 is 0 Å². The fraction of sp³-hybridized carbons (Fsp3) is 0.280. The van der Waals surface area contributed by atoms with Crippen molar-refractivity contribution in [3.63, 3.8) is 0 Å². The van der Waals surface area contributed by atoms with Crippen LogP contribution in [0.4, 0.5) is 5.69 Å². The van der Waals surface area contributed by atoms with Crippen LogP contribution in [0.2, 0.25) is 5.02 Å². The number of piperazine rings is 1. The average Bonchev–Trinajstić information content (AvgIpc) is 3.28. The Morgan fingerprint density at radius 2 is 1.71 bits per heavy atom. The van der Waals surface area contributed by atoms with Crippen LogP contribution in [0.5, 0.6) is 0 Å². The first-order valence-electron chi connectivity index (χ1n) is 11.3. The van der Waals surface area contributed by atoms with E-state index in [1.165, 1.54) is 0 Å². The van der Waals surface area contributed by atoms with E-state index in [0.717, 1.165) is 29.5 Å². The first-order chi connectivity index (χ1) is 16.5. The summed E-state index contributed by atoms with van der Waals surface area (Å²) in [7, 11) is 0. The first kappa shape index (κ1) is 22.2. The number of nitrogens with zero attached hydrogens (tertiary/aromatic N) is 6. The van der Waals surface area contributed by atoms with Crippen LogP contribution in [0, 0.1) is 6.92 Å². The lowest BCUT2D eigenvalue weighted by molar-refractivity contribution is -0.131. The molecular weight excluding hydrogens is 452 g/mol. The molecule has 3 heterocycles. The topological polar surface area (TPSA) is 76.3 Å². The number of anilines is 1. The number of hydrogen-bond donors (Lipinski definition) is 0. The minimum Gasteiger partial charge on any atom is -0.367 e. The molecular formula is C25H25ClN6O2. The van der Waals surface area contributed by atoms with Gasteiger partial charge in [0.1, 0.15) is 11.2 Å². The van der Waals surface area contributed by atoms with Crippen molar-refractivity contribution in [2.24, 2.45) is 0 Å². The number of para-hydroxylation sites is 2. The number of fused-ring (bicyclic) bond motifs is 1. The van der Waals surface area contributed by atoms with Crippen LogP contribution in [0.15, 0.2) is 65.6 Å². The molecule has 0 aliphatic carbocycles. The molecule has 2 aromatic heterocycles. The van der Waals surface area contributed by atoms with Crippen molar-refractivity contribution in [1.29, 1.82) is 0 Å². The van der Waals surface area contributed by atoms with Gasteiger partial charge in [-0.1, -0.05) is 41.9 Å². The van der Waals surface area contributed by atoms with Gasteiger partial charge in [-0.05, 0) is 31.2 Å². The smallest absolute Gasteiger partial charge is 0.264 e. The number of aryl methyl sites for hydroxylation is 1. The van der Waals surface area contributed by atoms with E-state index in [1.807, 2.05) is 59.5 Å². The van der Waals surface area contributed by atoms with Crippen LogP contribution in [0.3, 0.4) is 0 Å². The average molecular weight is 477 g/mol. The van der Waals surface area contributed by atoms with Crippen LogP contribution in [-0.2, 0) is 11.3 Å². The molecule has 1 aliphatic rings. The zero-order valence-corrected chi connectivity index (χ0v) is 19.6. The number of amides is 1. The van der Waals surface area contributed by atoms with Crippen molar-refractivity contribution < 1.29 is 4.79 Å². The number of halogens is 1. The van der Waals surface area contributed by atoms with Crippen molar-refractivity contribution in [2.75, 3.05) is 31.1 Å². The minimum absolute atomic E-state index is 0.0326. The normalized spacial score (nSPS) is 14.1. The van der Waals surface area contributed by atoms with Crippen molar-refractivity contribution in [1.82, 2.24) is 24.2 Å². The maximum Gasteiger partial charge on any atom is 0.264 e. The van der Waals surface area contributed by atoms with Gasteiger partial charge in [0.25, 0.3) is 5.56 Å². The highest BCUT2D eigenvalue weighted by Gasteiger charge is 2.23. The van der Waals surface area contributed by atoms with Crippen LogP contribution < -0.4 is 10.5 Å². The fourth-order valence-corrected chi connectivity index (χ4v) is 4.65.